The first-order valence-electron chi connectivity index (χ1n) is 6.53. The van der Waals surface area contributed by atoms with Crippen LogP contribution in [0, 0.1) is 11.7 Å². The summed E-state index contributed by atoms with van der Waals surface area (Å²) in [4.78, 5) is 11.8. The number of aliphatic hydroxyl groups is 1. The van der Waals surface area contributed by atoms with Gasteiger partial charge in [0.05, 0.1) is 6.10 Å². The number of hydrogen-bond acceptors (Lipinski definition) is 3. The number of carbonyl (C=O) groups is 1. The smallest absolute Gasteiger partial charge is 0.258 e. The van der Waals surface area contributed by atoms with Crippen LogP contribution in [0.25, 0.3) is 0 Å². The topological polar surface area (TPSA) is 69.6 Å². The van der Waals surface area contributed by atoms with Crippen LogP contribution in [0.4, 0.5) is 4.39 Å². The van der Waals surface area contributed by atoms with E-state index in [1.54, 1.807) is 0 Å². The van der Waals surface area contributed by atoms with Crippen LogP contribution in [-0.2, 0) is 0 Å². The van der Waals surface area contributed by atoms with Gasteiger partial charge in [-0.15, -0.1) is 0 Å². The maximum Gasteiger partial charge on any atom is 0.258 e. The van der Waals surface area contributed by atoms with Crippen LogP contribution in [0.5, 0.6) is 5.75 Å². The van der Waals surface area contributed by atoms with Crippen LogP contribution >= 0.6 is 0 Å². The van der Waals surface area contributed by atoms with Crippen molar-refractivity contribution in [3.05, 3.63) is 29.6 Å². The van der Waals surface area contributed by atoms with Gasteiger partial charge in [-0.25, -0.2) is 4.39 Å². The molecule has 5 heteroatoms. The number of benzene rings is 1. The summed E-state index contributed by atoms with van der Waals surface area (Å²) in [7, 11) is 0. The highest BCUT2D eigenvalue weighted by molar-refractivity contribution is 5.97. The number of phenols is 1. The Hall–Kier alpha value is -1.62. The molecule has 0 spiro atoms. The van der Waals surface area contributed by atoms with Gasteiger partial charge < -0.3 is 15.5 Å². The zero-order valence-electron chi connectivity index (χ0n) is 10.6. The molecule has 0 saturated heterocycles. The Morgan fingerprint density at radius 1 is 1.37 bits per heavy atom. The number of rotatable bonds is 3. The van der Waals surface area contributed by atoms with Gasteiger partial charge in [0, 0.05) is 12.5 Å². The molecule has 1 aliphatic rings. The number of aliphatic hydroxyl groups excluding tert-OH is 1. The van der Waals surface area contributed by atoms with E-state index >= 15 is 0 Å². The van der Waals surface area contributed by atoms with Crippen LogP contribution in [0.3, 0.4) is 0 Å². The second-order valence-corrected chi connectivity index (χ2v) is 4.96. The first kappa shape index (κ1) is 13.8. The van der Waals surface area contributed by atoms with Crippen molar-refractivity contribution in [3.63, 3.8) is 0 Å². The summed E-state index contributed by atoms with van der Waals surface area (Å²) in [6.07, 6.45) is 3.21. The number of phenolic OH excluding ortho intramolecular Hbond substituents is 1. The van der Waals surface area contributed by atoms with E-state index in [0.717, 1.165) is 31.7 Å². The number of carbonyl (C=O) groups excluding carboxylic acids is 1. The van der Waals surface area contributed by atoms with Gasteiger partial charge >= 0.3 is 0 Å². The molecule has 1 aromatic rings. The van der Waals surface area contributed by atoms with E-state index in [4.69, 9.17) is 0 Å². The highest BCUT2D eigenvalue weighted by Crippen LogP contribution is 2.24. The van der Waals surface area contributed by atoms with Crippen LogP contribution in [0.2, 0.25) is 0 Å². The lowest BCUT2D eigenvalue weighted by molar-refractivity contribution is 0.0661. The van der Waals surface area contributed by atoms with Gasteiger partial charge in [-0.1, -0.05) is 18.9 Å². The zero-order chi connectivity index (χ0) is 13.8. The van der Waals surface area contributed by atoms with Crippen LogP contribution < -0.4 is 5.32 Å². The van der Waals surface area contributed by atoms with E-state index in [0.29, 0.717) is 6.54 Å². The van der Waals surface area contributed by atoms with Crippen molar-refractivity contribution in [2.24, 2.45) is 5.92 Å². The molecule has 1 fully saturated rings. The molecular weight excluding hydrogens is 249 g/mol. The second kappa shape index (κ2) is 6.02. The molecule has 1 saturated carbocycles. The summed E-state index contributed by atoms with van der Waals surface area (Å²) in [5.41, 5.74) is -0.340. The largest absolute Gasteiger partial charge is 0.507 e. The molecule has 0 bridgehead atoms. The van der Waals surface area contributed by atoms with Gasteiger partial charge in [-0.3, -0.25) is 4.79 Å². The number of aromatic hydroxyl groups is 1. The number of hydrogen-bond donors (Lipinski definition) is 3. The third-order valence-electron chi connectivity index (χ3n) is 3.61. The molecule has 3 N–H and O–H groups in total. The Bertz CT molecular complexity index is 444. The van der Waals surface area contributed by atoms with E-state index in [1.807, 2.05) is 0 Å². The maximum absolute atomic E-state index is 13.5. The summed E-state index contributed by atoms with van der Waals surface area (Å²) < 4.78 is 13.5. The molecule has 1 aromatic carbocycles. The Labute approximate surface area is 111 Å². The van der Waals surface area contributed by atoms with E-state index in [9.17, 15) is 19.4 Å². The fraction of sp³-hybridized carbons (Fsp3) is 0.500. The van der Waals surface area contributed by atoms with Crippen molar-refractivity contribution in [1.29, 1.82) is 0 Å². The highest BCUT2D eigenvalue weighted by atomic mass is 19.1. The molecule has 1 aliphatic carbocycles. The third kappa shape index (κ3) is 3.23. The molecule has 2 atom stereocenters. The molecule has 2 rings (SSSR count). The van der Waals surface area contributed by atoms with Crippen molar-refractivity contribution in [2.75, 3.05) is 6.54 Å². The van der Waals surface area contributed by atoms with Gasteiger partial charge in [0.1, 0.15) is 17.1 Å². The predicted octanol–water partition coefficient (Wildman–Crippen LogP) is 1.81. The SMILES string of the molecule is O=C(NCC1CCCCC1O)c1c(O)cccc1F. The quantitative estimate of drug-likeness (QED) is 0.782. The first-order valence-corrected chi connectivity index (χ1v) is 6.53. The zero-order valence-corrected chi connectivity index (χ0v) is 10.6. The van der Waals surface area contributed by atoms with Crippen molar-refractivity contribution in [3.8, 4) is 5.75 Å². The summed E-state index contributed by atoms with van der Waals surface area (Å²) >= 11 is 0. The van der Waals surface area contributed by atoms with E-state index < -0.39 is 17.8 Å². The van der Waals surface area contributed by atoms with E-state index in [-0.39, 0.29) is 17.2 Å². The summed E-state index contributed by atoms with van der Waals surface area (Å²) in [5, 5.41) is 21.9. The van der Waals surface area contributed by atoms with Crippen LogP contribution in [0.15, 0.2) is 18.2 Å². The minimum atomic E-state index is -0.748. The van der Waals surface area contributed by atoms with Gasteiger partial charge in [-0.05, 0) is 25.0 Å². The van der Waals surface area contributed by atoms with Crippen molar-refractivity contribution >= 4 is 5.91 Å². The van der Waals surface area contributed by atoms with Crippen molar-refractivity contribution in [2.45, 2.75) is 31.8 Å². The normalized spacial score (nSPS) is 23.1. The van der Waals surface area contributed by atoms with Crippen molar-refractivity contribution in [1.82, 2.24) is 5.32 Å². The monoisotopic (exact) mass is 267 g/mol. The fourth-order valence-corrected chi connectivity index (χ4v) is 2.48. The molecule has 104 valence electrons. The molecule has 0 heterocycles. The predicted molar refractivity (Wildman–Crippen MR) is 68.4 cm³/mol. The molecule has 0 radical (unpaired) electrons. The summed E-state index contributed by atoms with van der Waals surface area (Å²) in [6, 6.07) is 3.74. The number of amides is 1. The van der Waals surface area contributed by atoms with E-state index in [1.165, 1.54) is 12.1 Å². The lowest BCUT2D eigenvalue weighted by atomic mass is 9.86. The molecule has 0 aromatic heterocycles. The highest BCUT2D eigenvalue weighted by Gasteiger charge is 2.24. The Morgan fingerprint density at radius 2 is 2.11 bits per heavy atom. The van der Waals surface area contributed by atoms with Crippen LogP contribution in [0.1, 0.15) is 36.0 Å². The second-order valence-electron chi connectivity index (χ2n) is 4.96. The molecular formula is C14H18FNO3. The number of nitrogens with one attached hydrogen (secondary N) is 1. The Balaban J connectivity index is 1.97. The molecule has 19 heavy (non-hydrogen) atoms. The lowest BCUT2D eigenvalue weighted by Crippen LogP contribution is -2.37. The fourth-order valence-electron chi connectivity index (χ4n) is 2.48. The third-order valence-corrected chi connectivity index (χ3v) is 3.61. The maximum atomic E-state index is 13.5. The summed E-state index contributed by atoms with van der Waals surface area (Å²) in [5.74, 6) is -1.76. The van der Waals surface area contributed by atoms with Gasteiger partial charge in [0.25, 0.3) is 5.91 Å². The van der Waals surface area contributed by atoms with Gasteiger partial charge in [0.2, 0.25) is 0 Å². The molecule has 2 unspecified atom stereocenters. The standard InChI is InChI=1S/C14H18FNO3/c15-10-5-3-7-12(18)13(10)14(19)16-8-9-4-1-2-6-11(9)17/h3,5,7,9,11,17-18H,1-2,4,6,8H2,(H,16,19). The lowest BCUT2D eigenvalue weighted by Gasteiger charge is -2.27. The average Bonchev–Trinajstić information content (AvgIpc) is 2.37. The Kier molecular flexibility index (Phi) is 4.37. The molecule has 0 aliphatic heterocycles. The average molecular weight is 267 g/mol. The number of halogens is 1. The first-order chi connectivity index (χ1) is 9.09. The summed E-state index contributed by atoms with van der Waals surface area (Å²) in [6.45, 7) is 0.299. The van der Waals surface area contributed by atoms with Gasteiger partial charge in [0.15, 0.2) is 0 Å². The Morgan fingerprint density at radius 3 is 2.79 bits per heavy atom. The van der Waals surface area contributed by atoms with Crippen molar-refractivity contribution < 1.29 is 19.4 Å². The molecule has 1 amide bonds. The minimum Gasteiger partial charge on any atom is -0.507 e. The molecule has 4 nitrogen and oxygen atoms in total. The van der Waals surface area contributed by atoms with Gasteiger partial charge in [-0.2, -0.15) is 0 Å². The van der Waals surface area contributed by atoms with E-state index in [2.05, 4.69) is 5.32 Å². The minimum absolute atomic E-state index is 0.00613. The van der Waals surface area contributed by atoms with Crippen LogP contribution in [-0.4, -0.2) is 28.8 Å².